The summed E-state index contributed by atoms with van der Waals surface area (Å²) in [4.78, 5) is 42.7. The number of anilines is 1. The van der Waals surface area contributed by atoms with Gasteiger partial charge in [0.05, 0.1) is 23.1 Å². The number of aromatic amines is 1. The number of benzene rings is 3. The Labute approximate surface area is 191 Å². The maximum Gasteiger partial charge on any atom is 0.329 e. The number of hydrogen-bond acceptors (Lipinski definition) is 7. The van der Waals surface area contributed by atoms with Gasteiger partial charge in [-0.25, -0.2) is 9.78 Å². The fourth-order valence-corrected chi connectivity index (χ4v) is 3.55. The lowest BCUT2D eigenvalue weighted by molar-refractivity contribution is -0.385. The number of hydrogen-bond donors (Lipinski definition) is 3. The van der Waals surface area contributed by atoms with Crippen LogP contribution in [0.15, 0.2) is 66.7 Å². The highest BCUT2D eigenvalue weighted by Gasteiger charge is 2.19. The van der Waals surface area contributed by atoms with Gasteiger partial charge in [-0.1, -0.05) is 12.1 Å². The number of para-hydroxylation sites is 2. The molecule has 0 atom stereocenters. The van der Waals surface area contributed by atoms with Crippen LogP contribution < -0.4 is 14.8 Å². The van der Waals surface area contributed by atoms with Crippen molar-refractivity contribution < 1.29 is 19.2 Å². The van der Waals surface area contributed by atoms with Gasteiger partial charge in [-0.15, -0.1) is 0 Å². The molecular weight excluding hydrogens is 446 g/mol. The number of carbonyl (C=O) groups is 2. The molecule has 0 fully saturated rings. The number of nitro groups is 1. The Morgan fingerprint density at radius 2 is 1.85 bits per heavy atom. The SMILES string of the molecule is COc1ccc(C(=O)SNC(=O)Nc2ccc(-c3nc4ccccc4[nH]3)cc2)cc1[N+](=O)[O-]. The van der Waals surface area contributed by atoms with Crippen LogP contribution in [0, 0.1) is 10.1 Å². The molecule has 0 saturated heterocycles. The molecule has 1 heterocycles. The van der Waals surface area contributed by atoms with E-state index in [4.69, 9.17) is 4.74 Å². The summed E-state index contributed by atoms with van der Waals surface area (Å²) >= 11 is 0.514. The topological polar surface area (TPSA) is 139 Å². The lowest BCUT2D eigenvalue weighted by atomic mass is 10.2. The highest BCUT2D eigenvalue weighted by molar-refractivity contribution is 8.12. The summed E-state index contributed by atoms with van der Waals surface area (Å²) in [5.74, 6) is 0.750. The maximum absolute atomic E-state index is 12.3. The number of carbonyl (C=O) groups excluding carboxylic acids is 2. The van der Waals surface area contributed by atoms with Gasteiger partial charge in [0.15, 0.2) is 5.75 Å². The number of aromatic nitrogens is 2. The van der Waals surface area contributed by atoms with Crippen LogP contribution in [0.1, 0.15) is 10.4 Å². The first-order chi connectivity index (χ1) is 15.9. The normalized spacial score (nSPS) is 10.6. The third kappa shape index (κ3) is 4.93. The zero-order valence-electron chi connectivity index (χ0n) is 17.2. The molecular formula is C22H17N5O5S. The van der Waals surface area contributed by atoms with Gasteiger partial charge < -0.3 is 15.0 Å². The number of urea groups is 1. The van der Waals surface area contributed by atoms with Crippen molar-refractivity contribution in [2.75, 3.05) is 12.4 Å². The average Bonchev–Trinajstić information content (AvgIpc) is 3.27. The molecule has 10 nitrogen and oxygen atoms in total. The third-order valence-corrected chi connectivity index (χ3v) is 5.36. The average molecular weight is 463 g/mol. The Kier molecular flexibility index (Phi) is 6.22. The molecule has 11 heteroatoms. The van der Waals surface area contributed by atoms with Gasteiger partial charge >= 0.3 is 11.7 Å². The molecule has 0 aliphatic rings. The highest BCUT2D eigenvalue weighted by Crippen LogP contribution is 2.28. The molecule has 3 aromatic carbocycles. The zero-order valence-corrected chi connectivity index (χ0v) is 18.0. The van der Waals surface area contributed by atoms with Crippen molar-refractivity contribution in [3.63, 3.8) is 0 Å². The van der Waals surface area contributed by atoms with E-state index in [2.05, 4.69) is 20.0 Å². The minimum atomic E-state index is -0.643. The van der Waals surface area contributed by atoms with E-state index in [0.717, 1.165) is 22.7 Å². The monoisotopic (exact) mass is 463 g/mol. The second-order valence-corrected chi connectivity index (χ2v) is 7.55. The van der Waals surface area contributed by atoms with Crippen LogP contribution >= 0.6 is 11.9 Å². The van der Waals surface area contributed by atoms with E-state index >= 15 is 0 Å². The molecule has 4 aromatic rings. The number of imidazole rings is 1. The number of nitrogens with one attached hydrogen (secondary N) is 3. The molecule has 0 radical (unpaired) electrons. The van der Waals surface area contributed by atoms with Crippen molar-refractivity contribution in [1.82, 2.24) is 14.7 Å². The van der Waals surface area contributed by atoms with Gasteiger partial charge in [0.25, 0.3) is 0 Å². The number of H-pyrrole nitrogens is 1. The lowest BCUT2D eigenvalue weighted by Crippen LogP contribution is -2.24. The van der Waals surface area contributed by atoms with E-state index < -0.39 is 16.1 Å². The molecule has 33 heavy (non-hydrogen) atoms. The first-order valence-electron chi connectivity index (χ1n) is 9.60. The zero-order chi connectivity index (χ0) is 23.4. The van der Waals surface area contributed by atoms with Crippen LogP contribution in [0.3, 0.4) is 0 Å². The van der Waals surface area contributed by atoms with Crippen molar-refractivity contribution in [2.24, 2.45) is 0 Å². The van der Waals surface area contributed by atoms with E-state index in [1.807, 2.05) is 36.4 Å². The number of nitro benzene ring substituents is 1. The molecule has 0 aliphatic heterocycles. The van der Waals surface area contributed by atoms with Crippen molar-refractivity contribution in [3.8, 4) is 17.1 Å². The Morgan fingerprint density at radius 3 is 2.55 bits per heavy atom. The van der Waals surface area contributed by atoms with E-state index in [1.54, 1.807) is 12.1 Å². The lowest BCUT2D eigenvalue weighted by Gasteiger charge is -2.07. The third-order valence-electron chi connectivity index (χ3n) is 4.65. The van der Waals surface area contributed by atoms with Crippen LogP contribution in [0.25, 0.3) is 22.4 Å². The number of amides is 2. The first kappa shape index (κ1) is 21.8. The number of nitrogens with zero attached hydrogens (tertiary/aromatic N) is 2. The molecule has 0 spiro atoms. The molecule has 0 bridgehead atoms. The summed E-state index contributed by atoms with van der Waals surface area (Å²) in [6.07, 6.45) is 0. The van der Waals surface area contributed by atoms with E-state index in [9.17, 15) is 19.7 Å². The molecule has 3 N–H and O–H groups in total. The number of methoxy groups -OCH3 is 1. The Bertz CT molecular complexity index is 1320. The summed E-state index contributed by atoms with van der Waals surface area (Å²) in [6.45, 7) is 0. The van der Waals surface area contributed by atoms with Crippen molar-refractivity contribution in [2.45, 2.75) is 0 Å². The van der Waals surface area contributed by atoms with Gasteiger partial charge in [0.1, 0.15) is 5.82 Å². The van der Waals surface area contributed by atoms with Crippen LogP contribution in [-0.2, 0) is 0 Å². The van der Waals surface area contributed by atoms with Crippen molar-refractivity contribution in [3.05, 3.63) is 82.4 Å². The molecule has 0 unspecified atom stereocenters. The minimum Gasteiger partial charge on any atom is -0.490 e. The summed E-state index contributed by atoms with van der Waals surface area (Å²) in [6, 6.07) is 17.9. The molecule has 166 valence electrons. The van der Waals surface area contributed by atoms with Crippen LogP contribution in [0.4, 0.5) is 16.2 Å². The fraction of sp³-hybridized carbons (Fsp3) is 0.0455. The number of fused-ring (bicyclic) bond motifs is 1. The second-order valence-electron chi connectivity index (χ2n) is 6.77. The van der Waals surface area contributed by atoms with Crippen LogP contribution in [0.2, 0.25) is 0 Å². The van der Waals surface area contributed by atoms with Crippen LogP contribution in [-0.4, -0.2) is 33.1 Å². The van der Waals surface area contributed by atoms with Gasteiger partial charge in [-0.3, -0.25) is 19.6 Å². The molecule has 1 aromatic heterocycles. The summed E-state index contributed by atoms with van der Waals surface area (Å²) in [5, 5.41) is 13.2. The molecule has 2 amide bonds. The summed E-state index contributed by atoms with van der Waals surface area (Å²) < 4.78 is 7.28. The Hall–Kier alpha value is -4.38. The molecule has 0 saturated carbocycles. The minimum absolute atomic E-state index is 0.0401. The second kappa shape index (κ2) is 9.40. The number of rotatable bonds is 5. The van der Waals surface area contributed by atoms with Crippen LogP contribution in [0.5, 0.6) is 5.75 Å². The predicted molar refractivity (Wildman–Crippen MR) is 125 cm³/mol. The molecule has 0 aliphatic carbocycles. The van der Waals surface area contributed by atoms with Gasteiger partial charge in [-0.05, 0) is 48.5 Å². The van der Waals surface area contributed by atoms with Gasteiger partial charge in [0.2, 0.25) is 5.12 Å². The quantitative estimate of drug-likeness (QED) is 0.220. The van der Waals surface area contributed by atoms with Crippen molar-refractivity contribution in [1.29, 1.82) is 0 Å². The van der Waals surface area contributed by atoms with Crippen molar-refractivity contribution >= 4 is 45.5 Å². The Balaban J connectivity index is 1.35. The number of ether oxygens (including phenoxy) is 1. The maximum atomic E-state index is 12.3. The molecule has 4 rings (SSSR count). The standard InChI is InChI=1S/C22H17N5O5S/c1-32-19-11-8-14(12-18(19)27(30)31)21(28)33-26-22(29)23-15-9-6-13(7-10-15)20-24-16-4-2-3-5-17(16)25-20/h2-12H,1H3,(H,24,25)(H2,23,26,29). The fourth-order valence-electron chi connectivity index (χ4n) is 3.07. The van der Waals surface area contributed by atoms with Gasteiger partial charge in [0, 0.05) is 34.8 Å². The van der Waals surface area contributed by atoms with E-state index in [0.29, 0.717) is 23.5 Å². The first-order valence-corrected chi connectivity index (χ1v) is 10.4. The summed E-state index contributed by atoms with van der Waals surface area (Å²) in [7, 11) is 1.30. The van der Waals surface area contributed by atoms with E-state index in [1.165, 1.54) is 19.2 Å². The largest absolute Gasteiger partial charge is 0.490 e. The van der Waals surface area contributed by atoms with E-state index in [-0.39, 0.29) is 17.0 Å². The summed E-state index contributed by atoms with van der Waals surface area (Å²) in [5.41, 5.74) is 2.88. The highest BCUT2D eigenvalue weighted by atomic mass is 32.2. The Morgan fingerprint density at radius 1 is 1.09 bits per heavy atom. The smallest absolute Gasteiger partial charge is 0.329 e. The van der Waals surface area contributed by atoms with Gasteiger partial charge in [-0.2, -0.15) is 0 Å². The predicted octanol–water partition coefficient (Wildman–Crippen LogP) is 4.76.